The molecular formula is C40H57FN8O5S. The lowest BCUT2D eigenvalue weighted by Gasteiger charge is -2.55. The summed E-state index contributed by atoms with van der Waals surface area (Å²) in [6.45, 7) is 19.4. The molecular weight excluding hydrogens is 724 g/mol. The minimum Gasteiger partial charge on any atom is -0.451 e. The van der Waals surface area contributed by atoms with Gasteiger partial charge in [0.25, 0.3) is 16.1 Å². The average Bonchev–Trinajstić information content (AvgIpc) is 3.14. The van der Waals surface area contributed by atoms with Gasteiger partial charge >= 0.3 is 0 Å². The summed E-state index contributed by atoms with van der Waals surface area (Å²) in [5.41, 5.74) is 0.219. The van der Waals surface area contributed by atoms with Crippen molar-refractivity contribution in [3.63, 3.8) is 0 Å². The van der Waals surface area contributed by atoms with Gasteiger partial charge in [-0.3, -0.25) is 9.59 Å². The molecule has 0 N–H and O–H groups in total. The molecule has 1 aromatic heterocycles. The molecule has 0 aliphatic carbocycles. The Balaban J connectivity index is 0.891. The number of hydrogen-bond donors (Lipinski definition) is 0. The van der Waals surface area contributed by atoms with Crippen LogP contribution in [0.1, 0.15) is 76.6 Å². The molecule has 55 heavy (non-hydrogen) atoms. The van der Waals surface area contributed by atoms with Gasteiger partial charge in [-0.15, -0.1) is 0 Å². The second-order valence-electron chi connectivity index (χ2n) is 17.2. The van der Waals surface area contributed by atoms with Gasteiger partial charge in [-0.05, 0) is 110 Å². The van der Waals surface area contributed by atoms with Gasteiger partial charge in [0, 0.05) is 81.8 Å². The van der Waals surface area contributed by atoms with E-state index in [-0.39, 0.29) is 46.0 Å². The zero-order valence-electron chi connectivity index (χ0n) is 32.8. The molecule has 5 fully saturated rings. The van der Waals surface area contributed by atoms with Crippen molar-refractivity contribution in [3.05, 3.63) is 54.8 Å². The third kappa shape index (κ3) is 8.12. The van der Waals surface area contributed by atoms with Crippen molar-refractivity contribution in [2.45, 2.75) is 78.3 Å². The Labute approximate surface area is 325 Å². The summed E-state index contributed by atoms with van der Waals surface area (Å²) < 4.78 is 51.5. The third-order valence-corrected chi connectivity index (χ3v) is 14.6. The molecule has 300 valence electrons. The lowest BCUT2D eigenvalue weighted by Crippen LogP contribution is -2.65. The summed E-state index contributed by atoms with van der Waals surface area (Å²) in [4.78, 5) is 42.6. The summed E-state index contributed by atoms with van der Waals surface area (Å²) in [6, 6.07) is 3.88. The summed E-state index contributed by atoms with van der Waals surface area (Å²) in [7, 11) is -3.54. The smallest absolute Gasteiger partial charge is 0.281 e. The summed E-state index contributed by atoms with van der Waals surface area (Å²) in [5.74, 6) is 0.946. The second kappa shape index (κ2) is 15.7. The largest absolute Gasteiger partial charge is 0.451 e. The van der Waals surface area contributed by atoms with Crippen LogP contribution in [0.25, 0.3) is 0 Å². The molecule has 2 amide bonds. The van der Waals surface area contributed by atoms with Gasteiger partial charge in [-0.25, -0.2) is 14.4 Å². The number of likely N-dealkylation sites (tertiary alicyclic amines) is 2. The first-order chi connectivity index (χ1) is 26.2. The molecule has 1 aromatic carbocycles. The van der Waals surface area contributed by atoms with Crippen molar-refractivity contribution in [3.8, 4) is 11.5 Å². The first kappa shape index (κ1) is 39.6. The van der Waals surface area contributed by atoms with Crippen LogP contribution < -0.4 is 9.64 Å². The number of nitrogens with zero attached hydrogens (tertiary/aromatic N) is 8. The first-order valence-corrected chi connectivity index (χ1v) is 21.4. The maximum atomic E-state index is 14.4. The fourth-order valence-corrected chi connectivity index (χ4v) is 11.5. The molecule has 5 aliphatic rings. The van der Waals surface area contributed by atoms with Gasteiger partial charge in [-0.1, -0.05) is 6.58 Å². The van der Waals surface area contributed by atoms with E-state index in [1.807, 2.05) is 27.7 Å². The quantitative estimate of drug-likeness (QED) is 0.301. The molecule has 2 aromatic rings. The topological polar surface area (TPSA) is 123 Å². The number of ether oxygens (including phenoxy) is 1. The Bertz CT molecular complexity index is 1840. The Morgan fingerprint density at radius 1 is 0.945 bits per heavy atom. The highest BCUT2D eigenvalue weighted by atomic mass is 32.2. The normalized spacial score (nSPS) is 22.2. The molecule has 0 bridgehead atoms. The minimum absolute atomic E-state index is 0.0735. The molecule has 7 rings (SSSR count). The van der Waals surface area contributed by atoms with E-state index in [1.165, 1.54) is 30.6 Å². The number of aromatic nitrogens is 2. The Hall–Kier alpha value is -3.66. The number of amides is 2. The minimum atomic E-state index is -3.54. The summed E-state index contributed by atoms with van der Waals surface area (Å²) >= 11 is 0. The third-order valence-electron chi connectivity index (χ3n) is 12.6. The van der Waals surface area contributed by atoms with Crippen LogP contribution in [0.3, 0.4) is 0 Å². The van der Waals surface area contributed by atoms with Crippen LogP contribution in [0.2, 0.25) is 0 Å². The lowest BCUT2D eigenvalue weighted by atomic mass is 9.72. The lowest BCUT2D eigenvalue weighted by molar-refractivity contribution is -0.140. The van der Waals surface area contributed by atoms with Crippen molar-refractivity contribution in [2.24, 2.45) is 16.7 Å². The van der Waals surface area contributed by atoms with Crippen molar-refractivity contribution in [1.82, 2.24) is 33.3 Å². The van der Waals surface area contributed by atoms with Crippen molar-refractivity contribution >= 4 is 27.8 Å². The van der Waals surface area contributed by atoms with Crippen LogP contribution in [0.5, 0.6) is 11.5 Å². The highest BCUT2D eigenvalue weighted by Gasteiger charge is 2.50. The van der Waals surface area contributed by atoms with Gasteiger partial charge in [0.05, 0.1) is 11.8 Å². The number of halogens is 1. The molecule has 2 spiro atoms. The SMILES string of the molecule is C=CC(=O)N1CC2(CCCN(S(=O)(=O)N3CCC(CN4CCC5(CC4)CN(c4ncncc4Oc4ccc(F)cc4C(=O)N(C(C)C)C(C)C)C5)CC3)C2)C1. The molecule has 13 nitrogen and oxygen atoms in total. The maximum absolute atomic E-state index is 14.4. The van der Waals surface area contributed by atoms with E-state index in [4.69, 9.17) is 4.74 Å². The Kier molecular flexibility index (Phi) is 11.3. The number of benzene rings is 1. The van der Waals surface area contributed by atoms with Crippen molar-refractivity contribution in [2.75, 3.05) is 76.9 Å². The fraction of sp³-hybridized carbons (Fsp3) is 0.650. The Morgan fingerprint density at radius 2 is 1.64 bits per heavy atom. The molecule has 5 aliphatic heterocycles. The molecule has 6 heterocycles. The predicted octanol–water partition coefficient (Wildman–Crippen LogP) is 4.64. The number of rotatable bonds is 11. The van der Waals surface area contributed by atoms with E-state index in [2.05, 4.69) is 26.3 Å². The van der Waals surface area contributed by atoms with E-state index in [0.717, 1.165) is 71.2 Å². The maximum Gasteiger partial charge on any atom is 0.281 e. The molecule has 0 unspecified atom stereocenters. The van der Waals surface area contributed by atoms with Crippen molar-refractivity contribution in [1.29, 1.82) is 0 Å². The van der Waals surface area contributed by atoms with Crippen LogP contribution in [0.4, 0.5) is 10.2 Å². The van der Waals surface area contributed by atoms with E-state index in [9.17, 15) is 22.4 Å². The number of hydrogen-bond acceptors (Lipinski definition) is 9. The van der Waals surface area contributed by atoms with Gasteiger partial charge in [0.15, 0.2) is 11.6 Å². The zero-order chi connectivity index (χ0) is 39.1. The van der Waals surface area contributed by atoms with E-state index in [0.29, 0.717) is 56.8 Å². The van der Waals surface area contributed by atoms with Gasteiger partial charge in [0.1, 0.15) is 17.9 Å². The Morgan fingerprint density at radius 3 is 2.29 bits per heavy atom. The molecule has 0 atom stereocenters. The standard InChI is InChI=1S/C40H57FN8O5S/c1-6-36(50)45-25-40(26-45)12-7-15-48(27-40)55(52,53)47-16-10-31(11-17-47)22-44-18-13-39(14-19-44)23-46(24-39)37-35(21-42-28-43-37)54-34-9-8-32(41)20-33(34)38(51)49(29(2)3)30(4)5/h6,8-9,20-21,28-31H,1,7,10-19,22-27H2,2-5H3. The van der Waals surface area contributed by atoms with E-state index in [1.54, 1.807) is 24.6 Å². The molecule has 15 heteroatoms. The highest BCUT2D eigenvalue weighted by Crippen LogP contribution is 2.45. The number of anilines is 1. The van der Waals surface area contributed by atoms with Crippen LogP contribution in [-0.2, 0) is 15.0 Å². The average molecular weight is 781 g/mol. The van der Waals surface area contributed by atoms with E-state index >= 15 is 0 Å². The van der Waals surface area contributed by atoms with Crippen LogP contribution in [0, 0.1) is 22.6 Å². The monoisotopic (exact) mass is 780 g/mol. The number of carbonyl (C=O) groups excluding carboxylic acids is 2. The van der Waals surface area contributed by atoms with Gasteiger partial charge in [0.2, 0.25) is 5.91 Å². The fourth-order valence-electron chi connectivity index (χ4n) is 9.66. The number of piperidine rings is 3. The molecule has 5 saturated heterocycles. The predicted molar refractivity (Wildman–Crippen MR) is 209 cm³/mol. The number of carbonyl (C=O) groups is 2. The summed E-state index contributed by atoms with van der Waals surface area (Å²) in [5, 5.41) is 0. The summed E-state index contributed by atoms with van der Waals surface area (Å²) in [6.07, 6.45) is 10.1. The zero-order valence-corrected chi connectivity index (χ0v) is 33.6. The van der Waals surface area contributed by atoms with Crippen molar-refractivity contribution < 1.29 is 27.1 Å². The molecule has 0 radical (unpaired) electrons. The second-order valence-corrected chi connectivity index (χ2v) is 19.1. The molecule has 0 saturated carbocycles. The van der Waals surface area contributed by atoms with E-state index < -0.39 is 16.0 Å². The first-order valence-electron chi connectivity index (χ1n) is 20.0. The van der Waals surface area contributed by atoms with Gasteiger partial charge in [-0.2, -0.15) is 17.0 Å². The van der Waals surface area contributed by atoms with Crippen LogP contribution in [-0.4, -0.2) is 138 Å². The van der Waals surface area contributed by atoms with Crippen LogP contribution >= 0.6 is 0 Å². The van der Waals surface area contributed by atoms with Gasteiger partial charge < -0.3 is 24.3 Å². The highest BCUT2D eigenvalue weighted by molar-refractivity contribution is 7.86. The van der Waals surface area contributed by atoms with Crippen LogP contribution in [0.15, 0.2) is 43.4 Å².